The number of benzene rings is 3. The number of imidazole rings is 1. The smallest absolute Gasteiger partial charge is 0.255 e. The molecule has 0 saturated carbocycles. The maximum absolute atomic E-state index is 13.9. The highest BCUT2D eigenvalue weighted by Crippen LogP contribution is 2.45. The van der Waals surface area contributed by atoms with Crippen molar-refractivity contribution in [3.05, 3.63) is 112 Å². The van der Waals surface area contributed by atoms with Crippen LogP contribution in [0.3, 0.4) is 0 Å². The number of nitrogens with one attached hydrogen (secondary N) is 3. The molecule has 0 bridgehead atoms. The van der Waals surface area contributed by atoms with Crippen molar-refractivity contribution in [3.63, 3.8) is 0 Å². The summed E-state index contributed by atoms with van der Waals surface area (Å²) < 4.78 is 0. The second-order valence-corrected chi connectivity index (χ2v) is 9.78. The topological polar surface area (TPSA) is 90.1 Å². The van der Waals surface area contributed by atoms with Gasteiger partial charge in [-0.3, -0.25) is 9.59 Å². The zero-order chi connectivity index (χ0) is 25.8. The molecular formula is C28H25Cl2N5O2. The van der Waals surface area contributed by atoms with Crippen LogP contribution in [0.5, 0.6) is 0 Å². The first kappa shape index (κ1) is 24.9. The molecule has 1 atom stereocenters. The van der Waals surface area contributed by atoms with Crippen LogP contribution in [-0.2, 0) is 28.0 Å². The van der Waals surface area contributed by atoms with Gasteiger partial charge < -0.3 is 20.5 Å². The molecule has 2 heterocycles. The fraction of sp³-hybridized carbons (Fsp3) is 0.179. The van der Waals surface area contributed by atoms with E-state index in [9.17, 15) is 9.59 Å². The Balaban J connectivity index is 1.55. The zero-order valence-electron chi connectivity index (χ0n) is 19.9. The summed E-state index contributed by atoms with van der Waals surface area (Å²) in [6, 6.07) is 22.3. The first-order chi connectivity index (χ1) is 18.0. The fourth-order valence-electron chi connectivity index (χ4n) is 4.82. The van der Waals surface area contributed by atoms with Crippen molar-refractivity contribution in [2.75, 3.05) is 23.3 Å². The normalized spacial score (nSPS) is 16.2. The lowest BCUT2D eigenvalue weighted by Gasteiger charge is -2.41. The molecule has 0 fully saturated rings. The number of anilines is 2. The Bertz CT molecular complexity index is 1410. The van der Waals surface area contributed by atoms with Crippen LogP contribution >= 0.6 is 23.2 Å². The predicted molar refractivity (Wildman–Crippen MR) is 146 cm³/mol. The predicted octanol–water partition coefficient (Wildman–Crippen LogP) is 4.97. The summed E-state index contributed by atoms with van der Waals surface area (Å²) in [6.45, 7) is 0.395. The molecule has 0 radical (unpaired) electrons. The van der Waals surface area contributed by atoms with E-state index in [2.05, 4.69) is 20.6 Å². The first-order valence-corrected chi connectivity index (χ1v) is 12.6. The molecule has 188 valence electrons. The molecule has 3 N–H and O–H groups in total. The Kier molecular flexibility index (Phi) is 7.17. The number of fused-ring (bicyclic) bond motifs is 1. The minimum Gasteiger partial charge on any atom is -0.354 e. The lowest BCUT2D eigenvalue weighted by Crippen LogP contribution is -2.56. The molecular weight excluding hydrogens is 509 g/mol. The highest BCUT2D eigenvalue weighted by molar-refractivity contribution is 6.31. The standard InChI is InChI=1S/C28H25Cl2N5O2/c29-20-6-4-5-19(13-20)15-28(24-10-9-21(30)14-25(24)34-27(28)37)35(23-7-2-1-3-8-23)17-26(36)32-12-11-22-16-31-18-33-22/h1-10,13-14,16,18H,11-12,15,17H2,(H,31,33)(H,32,36)(H,34,37). The van der Waals surface area contributed by atoms with Gasteiger partial charge in [-0.05, 0) is 42.0 Å². The summed E-state index contributed by atoms with van der Waals surface area (Å²) in [4.78, 5) is 36.1. The van der Waals surface area contributed by atoms with Crippen molar-refractivity contribution < 1.29 is 9.59 Å². The molecule has 5 rings (SSSR count). The van der Waals surface area contributed by atoms with Gasteiger partial charge in [-0.15, -0.1) is 0 Å². The average Bonchev–Trinajstić information content (AvgIpc) is 3.49. The van der Waals surface area contributed by atoms with Crippen molar-refractivity contribution in [1.82, 2.24) is 15.3 Å². The molecule has 0 spiro atoms. The van der Waals surface area contributed by atoms with Gasteiger partial charge in [0.2, 0.25) is 5.91 Å². The van der Waals surface area contributed by atoms with Gasteiger partial charge in [0.1, 0.15) is 0 Å². The number of carbonyl (C=O) groups is 2. The van der Waals surface area contributed by atoms with Crippen LogP contribution in [0.15, 0.2) is 85.3 Å². The molecule has 1 aromatic heterocycles. The monoisotopic (exact) mass is 533 g/mol. The van der Waals surface area contributed by atoms with Gasteiger partial charge in [0.15, 0.2) is 5.54 Å². The molecule has 3 aromatic carbocycles. The lowest BCUT2D eigenvalue weighted by atomic mass is 9.82. The number of hydrogen-bond donors (Lipinski definition) is 3. The van der Waals surface area contributed by atoms with Gasteiger partial charge in [-0.2, -0.15) is 0 Å². The van der Waals surface area contributed by atoms with Gasteiger partial charge >= 0.3 is 0 Å². The minimum atomic E-state index is -1.22. The van der Waals surface area contributed by atoms with Crippen molar-refractivity contribution in [3.8, 4) is 0 Å². The van der Waals surface area contributed by atoms with Gasteiger partial charge in [0.25, 0.3) is 5.91 Å². The third kappa shape index (κ3) is 5.19. The van der Waals surface area contributed by atoms with E-state index in [1.54, 1.807) is 30.7 Å². The summed E-state index contributed by atoms with van der Waals surface area (Å²) in [5, 5.41) is 7.08. The number of nitrogens with zero attached hydrogens (tertiary/aromatic N) is 2. The van der Waals surface area contributed by atoms with E-state index < -0.39 is 5.54 Å². The second-order valence-electron chi connectivity index (χ2n) is 8.91. The second kappa shape index (κ2) is 10.7. The van der Waals surface area contributed by atoms with E-state index in [0.29, 0.717) is 35.1 Å². The van der Waals surface area contributed by atoms with E-state index in [-0.39, 0.29) is 18.4 Å². The molecule has 0 aliphatic carbocycles. The molecule has 9 heteroatoms. The molecule has 4 aromatic rings. The summed E-state index contributed by atoms with van der Waals surface area (Å²) in [6.07, 6.45) is 4.25. The Labute approximate surface area is 224 Å². The molecule has 1 aliphatic heterocycles. The average molecular weight is 534 g/mol. The number of aromatic nitrogens is 2. The summed E-state index contributed by atoms with van der Waals surface area (Å²) in [7, 11) is 0. The van der Waals surface area contributed by atoms with Gasteiger partial charge in [-0.25, -0.2) is 4.98 Å². The fourth-order valence-corrected chi connectivity index (χ4v) is 5.21. The number of hydrogen-bond acceptors (Lipinski definition) is 4. The molecule has 1 unspecified atom stereocenters. The molecule has 7 nitrogen and oxygen atoms in total. The number of para-hydroxylation sites is 1. The van der Waals surface area contributed by atoms with Gasteiger partial charge in [0, 0.05) is 58.3 Å². The highest BCUT2D eigenvalue weighted by atomic mass is 35.5. The number of rotatable bonds is 9. The first-order valence-electron chi connectivity index (χ1n) is 11.9. The maximum Gasteiger partial charge on any atom is 0.255 e. The molecule has 37 heavy (non-hydrogen) atoms. The van der Waals surface area contributed by atoms with E-state index in [1.807, 2.05) is 59.5 Å². The van der Waals surface area contributed by atoms with Crippen LogP contribution in [-0.4, -0.2) is 34.9 Å². The van der Waals surface area contributed by atoms with Crippen molar-refractivity contribution in [1.29, 1.82) is 0 Å². The molecule has 2 amide bonds. The Morgan fingerprint density at radius 2 is 1.81 bits per heavy atom. The van der Waals surface area contributed by atoms with E-state index in [0.717, 1.165) is 22.5 Å². The largest absolute Gasteiger partial charge is 0.354 e. The maximum atomic E-state index is 13.9. The van der Waals surface area contributed by atoms with Crippen LogP contribution in [0.25, 0.3) is 0 Å². The summed E-state index contributed by atoms with van der Waals surface area (Å²) >= 11 is 12.6. The minimum absolute atomic E-state index is 0.0386. The number of amides is 2. The van der Waals surface area contributed by atoms with Gasteiger partial charge in [0.05, 0.1) is 12.9 Å². The van der Waals surface area contributed by atoms with E-state index in [1.165, 1.54) is 0 Å². The van der Waals surface area contributed by atoms with Crippen LogP contribution < -0.4 is 15.5 Å². The Morgan fingerprint density at radius 3 is 2.57 bits per heavy atom. The molecule has 1 aliphatic rings. The van der Waals surface area contributed by atoms with Gasteiger partial charge in [-0.1, -0.05) is 59.6 Å². The zero-order valence-corrected chi connectivity index (χ0v) is 21.4. The van der Waals surface area contributed by atoms with E-state index >= 15 is 0 Å². The van der Waals surface area contributed by atoms with Crippen LogP contribution in [0.4, 0.5) is 11.4 Å². The van der Waals surface area contributed by atoms with Crippen molar-refractivity contribution >= 4 is 46.4 Å². The lowest BCUT2D eigenvalue weighted by molar-refractivity contribution is -0.122. The third-order valence-electron chi connectivity index (χ3n) is 6.50. The number of carbonyl (C=O) groups excluding carboxylic acids is 2. The summed E-state index contributed by atoms with van der Waals surface area (Å²) in [5.41, 5.74) is 2.69. The SMILES string of the molecule is O=C(CN(c1ccccc1)C1(Cc2cccc(Cl)c2)C(=O)Nc2cc(Cl)ccc21)NCCc1cnc[nH]1. The Hall–Kier alpha value is -3.81. The number of aromatic amines is 1. The van der Waals surface area contributed by atoms with Crippen LogP contribution in [0.1, 0.15) is 16.8 Å². The molecule has 0 saturated heterocycles. The summed E-state index contributed by atoms with van der Waals surface area (Å²) in [5.74, 6) is -0.442. The Morgan fingerprint density at radius 1 is 1.00 bits per heavy atom. The van der Waals surface area contributed by atoms with Crippen LogP contribution in [0, 0.1) is 0 Å². The van der Waals surface area contributed by atoms with Crippen LogP contribution in [0.2, 0.25) is 10.0 Å². The third-order valence-corrected chi connectivity index (χ3v) is 6.97. The van der Waals surface area contributed by atoms with Crippen molar-refractivity contribution in [2.45, 2.75) is 18.4 Å². The number of halogens is 2. The quantitative estimate of drug-likeness (QED) is 0.283. The van der Waals surface area contributed by atoms with E-state index in [4.69, 9.17) is 23.2 Å². The highest BCUT2D eigenvalue weighted by Gasteiger charge is 2.52. The number of H-pyrrole nitrogens is 1. The van der Waals surface area contributed by atoms with Crippen molar-refractivity contribution in [2.24, 2.45) is 0 Å².